The second kappa shape index (κ2) is 11.9. The third kappa shape index (κ3) is 6.89. The van der Waals surface area contributed by atoms with Crippen LogP contribution in [0, 0.1) is 5.82 Å². The Kier molecular flexibility index (Phi) is 9.26. The number of ether oxygens (including phenoxy) is 1. The van der Waals surface area contributed by atoms with Crippen molar-refractivity contribution < 1.29 is 22.3 Å². The number of amidine groups is 1. The molecule has 0 unspecified atom stereocenters. The second-order valence-corrected chi connectivity index (χ2v) is 10.3. The van der Waals surface area contributed by atoms with E-state index in [1.165, 1.54) is 29.2 Å². The molecule has 3 rings (SSSR count). The van der Waals surface area contributed by atoms with Crippen molar-refractivity contribution in [2.24, 2.45) is 4.99 Å². The molecule has 2 aromatic carbocycles. The molecule has 34 heavy (non-hydrogen) atoms. The molecular weight excluding hydrogens is 506 g/mol. The first kappa shape index (κ1) is 26.4. The summed E-state index contributed by atoms with van der Waals surface area (Å²) in [6.07, 6.45) is 0. The molecule has 0 bridgehead atoms. The van der Waals surface area contributed by atoms with Crippen LogP contribution in [0.15, 0.2) is 46.3 Å². The summed E-state index contributed by atoms with van der Waals surface area (Å²) in [6.45, 7) is 1.57. The molecule has 2 aromatic rings. The van der Waals surface area contributed by atoms with Crippen LogP contribution in [0.1, 0.15) is 11.1 Å². The maximum Gasteiger partial charge on any atom is 0.248 e. The van der Waals surface area contributed by atoms with E-state index in [2.05, 4.69) is 15.6 Å². The number of likely N-dealkylation sites (N-methyl/N-ethyl adjacent to an activating group) is 1. The van der Waals surface area contributed by atoms with E-state index in [9.17, 15) is 17.6 Å². The van der Waals surface area contributed by atoms with Gasteiger partial charge < -0.3 is 20.3 Å². The Bertz CT molecular complexity index is 1180. The number of hydrogen-bond donors (Lipinski definition) is 2. The minimum Gasteiger partial charge on any atom is -0.370 e. The number of nitrogens with one attached hydrogen (secondary N) is 2. The molecule has 1 amide bonds. The lowest BCUT2D eigenvalue weighted by molar-refractivity contribution is -0.135. The fourth-order valence-corrected chi connectivity index (χ4v) is 5.13. The fraction of sp³-hybridized carbons (Fsp3) is 0.364. The van der Waals surface area contributed by atoms with Crippen LogP contribution in [0.4, 0.5) is 4.39 Å². The van der Waals surface area contributed by atoms with Gasteiger partial charge in [0, 0.05) is 37.8 Å². The lowest BCUT2D eigenvalue weighted by Gasteiger charge is -2.18. The van der Waals surface area contributed by atoms with Gasteiger partial charge in [0.25, 0.3) is 0 Å². The quantitative estimate of drug-likeness (QED) is 0.433. The Morgan fingerprint density at radius 3 is 2.79 bits per heavy atom. The van der Waals surface area contributed by atoms with E-state index in [0.29, 0.717) is 23.5 Å². The van der Waals surface area contributed by atoms with Gasteiger partial charge in [-0.05, 0) is 18.2 Å². The maximum atomic E-state index is 14.5. The van der Waals surface area contributed by atoms with Crippen LogP contribution in [-0.2, 0) is 25.9 Å². The van der Waals surface area contributed by atoms with E-state index in [1.807, 2.05) is 0 Å². The Labute approximate surface area is 208 Å². The van der Waals surface area contributed by atoms with Crippen molar-refractivity contribution in [3.8, 4) is 0 Å². The molecule has 0 aliphatic carbocycles. The summed E-state index contributed by atoms with van der Waals surface area (Å²) in [5, 5.41) is 5.97. The first-order chi connectivity index (χ1) is 16.2. The molecule has 1 aliphatic heterocycles. The van der Waals surface area contributed by atoms with Crippen LogP contribution >= 0.6 is 23.2 Å². The van der Waals surface area contributed by atoms with E-state index in [4.69, 9.17) is 27.9 Å². The van der Waals surface area contributed by atoms with Crippen molar-refractivity contribution >= 4 is 44.8 Å². The summed E-state index contributed by atoms with van der Waals surface area (Å²) < 4.78 is 44.5. The van der Waals surface area contributed by atoms with Crippen LogP contribution in [0.25, 0.3) is 0 Å². The number of rotatable bonds is 11. The summed E-state index contributed by atoms with van der Waals surface area (Å²) in [5.74, 6) is -0.440. The highest BCUT2D eigenvalue weighted by atomic mass is 35.5. The van der Waals surface area contributed by atoms with Gasteiger partial charge in [0.1, 0.15) is 24.1 Å². The van der Waals surface area contributed by atoms with Gasteiger partial charge in [0.2, 0.25) is 5.91 Å². The molecule has 1 aliphatic rings. The van der Waals surface area contributed by atoms with E-state index in [1.54, 1.807) is 19.2 Å². The van der Waals surface area contributed by atoms with Crippen molar-refractivity contribution in [2.45, 2.75) is 11.4 Å². The molecule has 8 nitrogen and oxygen atoms in total. The largest absolute Gasteiger partial charge is 0.370 e. The van der Waals surface area contributed by atoms with Crippen LogP contribution in [0.5, 0.6) is 0 Å². The molecule has 0 saturated carbocycles. The number of sulfone groups is 1. The monoisotopic (exact) mass is 530 g/mol. The molecule has 184 valence electrons. The van der Waals surface area contributed by atoms with E-state index in [-0.39, 0.29) is 53.0 Å². The SMILES string of the molecule is CN(Cc1ccc(C2=NCCN2)cc1F)C(=O)COCCNCS(=O)(=O)c1cccc(Cl)c1Cl. The average Bonchev–Trinajstić information content (AvgIpc) is 3.34. The van der Waals surface area contributed by atoms with Crippen molar-refractivity contribution in [3.63, 3.8) is 0 Å². The Morgan fingerprint density at radius 1 is 1.29 bits per heavy atom. The number of nitrogens with zero attached hydrogens (tertiary/aromatic N) is 2. The summed E-state index contributed by atoms with van der Waals surface area (Å²) >= 11 is 11.8. The summed E-state index contributed by atoms with van der Waals surface area (Å²) in [7, 11) is -2.13. The van der Waals surface area contributed by atoms with E-state index in [0.717, 1.165) is 6.54 Å². The number of carbonyl (C=O) groups is 1. The fourth-order valence-electron chi connectivity index (χ4n) is 3.18. The zero-order valence-corrected chi connectivity index (χ0v) is 20.8. The summed E-state index contributed by atoms with van der Waals surface area (Å²) in [6, 6.07) is 9.19. The van der Waals surface area contributed by atoms with Gasteiger partial charge in [0.15, 0.2) is 9.84 Å². The number of halogens is 3. The zero-order valence-electron chi connectivity index (χ0n) is 18.5. The van der Waals surface area contributed by atoms with Crippen LogP contribution < -0.4 is 10.6 Å². The predicted octanol–water partition coefficient (Wildman–Crippen LogP) is 2.48. The molecular formula is C22H25Cl2FN4O4S. The van der Waals surface area contributed by atoms with Gasteiger partial charge in [-0.1, -0.05) is 41.4 Å². The normalized spacial score (nSPS) is 13.5. The van der Waals surface area contributed by atoms with Crippen molar-refractivity contribution in [1.82, 2.24) is 15.5 Å². The van der Waals surface area contributed by atoms with Gasteiger partial charge in [-0.25, -0.2) is 12.8 Å². The first-order valence-electron chi connectivity index (χ1n) is 10.5. The topological polar surface area (TPSA) is 100 Å². The molecule has 0 saturated heterocycles. The number of carbonyl (C=O) groups excluding carboxylic acids is 1. The highest BCUT2D eigenvalue weighted by Gasteiger charge is 2.19. The van der Waals surface area contributed by atoms with Gasteiger partial charge in [0.05, 0.1) is 28.1 Å². The molecule has 0 aromatic heterocycles. The maximum absolute atomic E-state index is 14.5. The van der Waals surface area contributed by atoms with Crippen LogP contribution in [0.2, 0.25) is 10.0 Å². The highest BCUT2D eigenvalue weighted by Crippen LogP contribution is 2.29. The summed E-state index contributed by atoms with van der Waals surface area (Å²) in [5.41, 5.74) is 1.05. The van der Waals surface area contributed by atoms with E-state index < -0.39 is 15.7 Å². The molecule has 1 heterocycles. The average molecular weight is 531 g/mol. The minimum atomic E-state index is -3.68. The molecule has 0 fully saturated rings. The van der Waals surface area contributed by atoms with Crippen molar-refractivity contribution in [2.75, 3.05) is 45.8 Å². The van der Waals surface area contributed by atoms with Gasteiger partial charge >= 0.3 is 0 Å². The number of aliphatic imine (C=N–C) groups is 1. The molecule has 2 N–H and O–H groups in total. The Hall–Kier alpha value is -2.24. The molecule has 0 atom stereocenters. The smallest absolute Gasteiger partial charge is 0.248 e. The lowest BCUT2D eigenvalue weighted by atomic mass is 10.1. The molecule has 12 heteroatoms. The van der Waals surface area contributed by atoms with Crippen molar-refractivity contribution in [3.05, 3.63) is 63.4 Å². The van der Waals surface area contributed by atoms with Crippen molar-refractivity contribution in [1.29, 1.82) is 0 Å². The Balaban J connectivity index is 1.39. The number of amides is 1. The lowest BCUT2D eigenvalue weighted by Crippen LogP contribution is -2.32. The molecule has 0 spiro atoms. The van der Waals surface area contributed by atoms with Gasteiger partial charge in [-0.3, -0.25) is 9.79 Å². The predicted molar refractivity (Wildman–Crippen MR) is 130 cm³/mol. The third-order valence-electron chi connectivity index (χ3n) is 5.03. The highest BCUT2D eigenvalue weighted by molar-refractivity contribution is 7.91. The summed E-state index contributed by atoms with van der Waals surface area (Å²) in [4.78, 5) is 17.9. The van der Waals surface area contributed by atoms with Gasteiger partial charge in [-0.2, -0.15) is 0 Å². The van der Waals surface area contributed by atoms with Gasteiger partial charge in [-0.15, -0.1) is 0 Å². The number of hydrogen-bond acceptors (Lipinski definition) is 7. The number of benzene rings is 2. The van der Waals surface area contributed by atoms with Crippen LogP contribution in [-0.4, -0.2) is 70.8 Å². The van der Waals surface area contributed by atoms with Crippen LogP contribution in [0.3, 0.4) is 0 Å². The standard InChI is InChI=1S/C22H25Cl2FN4O4S/c1-29(12-16-6-5-15(11-18(16)25)22-27-7-8-28-22)20(30)13-33-10-9-26-14-34(31,32)19-4-2-3-17(23)21(19)24/h2-6,11,26H,7-10,12-14H2,1H3,(H,27,28). The molecule has 0 radical (unpaired) electrons. The Morgan fingerprint density at radius 2 is 2.09 bits per heavy atom. The van der Waals surface area contributed by atoms with E-state index >= 15 is 0 Å². The minimum absolute atomic E-state index is 0.0223. The third-order valence-corrected chi connectivity index (χ3v) is 7.55. The zero-order chi connectivity index (χ0) is 24.7. The first-order valence-corrected chi connectivity index (χ1v) is 12.9. The second-order valence-electron chi connectivity index (χ2n) is 7.58.